The Balaban J connectivity index is 1.45. The molecule has 5 rings (SSSR count). The van der Waals surface area contributed by atoms with E-state index in [1.807, 2.05) is 6.07 Å². The number of hydrogen-bond acceptors (Lipinski definition) is 8. The second kappa shape index (κ2) is 14.1. The van der Waals surface area contributed by atoms with Gasteiger partial charge in [-0.1, -0.05) is 36.9 Å². The fraction of sp³-hybridized carbons (Fsp3) is 0.571. The molecule has 2 heterocycles. The molecule has 0 unspecified atom stereocenters. The maximum absolute atomic E-state index is 14.5. The molecule has 0 radical (unpaired) electrons. The van der Waals surface area contributed by atoms with Crippen molar-refractivity contribution in [3.8, 4) is 5.75 Å². The van der Waals surface area contributed by atoms with Gasteiger partial charge in [0, 0.05) is 28.9 Å². The number of ether oxygens (including phenoxy) is 3. The van der Waals surface area contributed by atoms with Gasteiger partial charge in [-0.15, -0.1) is 6.58 Å². The minimum atomic E-state index is -1.24. The summed E-state index contributed by atoms with van der Waals surface area (Å²) in [5.74, 6) is -1.29. The number of nitrogens with one attached hydrogen (secondary N) is 2. The molecule has 3 amide bonds. The second-order valence-corrected chi connectivity index (χ2v) is 14.1. The lowest BCUT2D eigenvalue weighted by molar-refractivity contribution is -0.150. The van der Waals surface area contributed by atoms with E-state index in [1.165, 1.54) is 4.90 Å². The highest BCUT2D eigenvalue weighted by atomic mass is 35.5. The van der Waals surface area contributed by atoms with Crippen molar-refractivity contribution in [1.29, 1.82) is 0 Å². The first-order valence-electron chi connectivity index (χ1n) is 16.5. The third-order valence-electron chi connectivity index (χ3n) is 9.15. The van der Waals surface area contributed by atoms with Gasteiger partial charge in [-0.2, -0.15) is 0 Å². The first kappa shape index (κ1) is 34.5. The van der Waals surface area contributed by atoms with Crippen LogP contribution in [0.25, 0.3) is 10.9 Å². The summed E-state index contributed by atoms with van der Waals surface area (Å²) in [4.78, 5) is 60.5. The molecule has 0 bridgehead atoms. The summed E-state index contributed by atoms with van der Waals surface area (Å²) >= 11 is 6.19. The van der Waals surface area contributed by atoms with Gasteiger partial charge in [0.05, 0.1) is 18.7 Å². The van der Waals surface area contributed by atoms with Crippen LogP contribution < -0.4 is 15.4 Å². The molecule has 3 aliphatic rings. The molecule has 1 aromatic carbocycles. The van der Waals surface area contributed by atoms with Crippen molar-refractivity contribution >= 4 is 46.4 Å². The average molecular weight is 669 g/mol. The zero-order chi connectivity index (χ0) is 33.9. The van der Waals surface area contributed by atoms with Crippen molar-refractivity contribution in [3.63, 3.8) is 0 Å². The standard InChI is InChI=1S/C35H45ClN4O7/c1-6-22-19-35(22,32(43)45-7-2)39-30(41)27-18-24(46-28-15-16-37-26-17-23(36)13-14-25(26)28)20-40(27)31(42)29(21-11-9-8-10-12-21)38-33(44)47-34(3,4)5/h6,13-17,21-22,24,27,29H,1,7-12,18-20H2,2-5H3,(H,38,44)(H,39,41)/t22-,24+,27-,29-,35+/m0/s1. The fourth-order valence-electron chi connectivity index (χ4n) is 6.78. The summed E-state index contributed by atoms with van der Waals surface area (Å²) in [5, 5.41) is 7.05. The molecule has 254 valence electrons. The fourth-order valence-corrected chi connectivity index (χ4v) is 6.95. The van der Waals surface area contributed by atoms with Crippen LogP contribution in [0.1, 0.15) is 72.6 Å². The zero-order valence-electron chi connectivity index (χ0n) is 27.6. The van der Waals surface area contributed by atoms with Gasteiger partial charge in [0.25, 0.3) is 0 Å². The Morgan fingerprint density at radius 2 is 1.91 bits per heavy atom. The number of benzene rings is 1. The van der Waals surface area contributed by atoms with Crippen LogP contribution >= 0.6 is 11.6 Å². The number of hydrogen-bond donors (Lipinski definition) is 2. The van der Waals surface area contributed by atoms with Crippen molar-refractivity contribution in [2.24, 2.45) is 11.8 Å². The largest absolute Gasteiger partial charge is 0.488 e. The van der Waals surface area contributed by atoms with Crippen LogP contribution in [-0.4, -0.2) is 76.2 Å². The molecule has 1 aromatic heterocycles. The number of esters is 1. The number of likely N-dealkylation sites (tertiary alicyclic amines) is 1. The lowest BCUT2D eigenvalue weighted by Gasteiger charge is -2.35. The number of aromatic nitrogens is 1. The summed E-state index contributed by atoms with van der Waals surface area (Å²) in [6, 6.07) is 5.17. The second-order valence-electron chi connectivity index (χ2n) is 13.7. The van der Waals surface area contributed by atoms with E-state index in [0.717, 1.165) is 37.5 Å². The van der Waals surface area contributed by atoms with Gasteiger partial charge < -0.3 is 29.7 Å². The molecular formula is C35H45ClN4O7. The normalized spacial score (nSPS) is 25.0. The van der Waals surface area contributed by atoms with Gasteiger partial charge >= 0.3 is 12.1 Å². The van der Waals surface area contributed by atoms with Crippen molar-refractivity contribution in [3.05, 3.63) is 48.1 Å². The molecule has 1 saturated heterocycles. The molecule has 2 N–H and O–H groups in total. The quantitative estimate of drug-likeness (QED) is 0.256. The first-order chi connectivity index (χ1) is 22.3. The number of pyridine rings is 1. The minimum absolute atomic E-state index is 0.0881. The molecule has 1 aliphatic heterocycles. The van der Waals surface area contributed by atoms with Crippen molar-refractivity contribution in [2.45, 2.75) is 102 Å². The summed E-state index contributed by atoms with van der Waals surface area (Å²) < 4.78 is 17.3. The van der Waals surface area contributed by atoms with Crippen LogP contribution in [0.3, 0.4) is 0 Å². The Bertz CT molecular complexity index is 1520. The predicted molar refractivity (Wildman–Crippen MR) is 177 cm³/mol. The van der Waals surface area contributed by atoms with Crippen LogP contribution in [-0.2, 0) is 23.9 Å². The van der Waals surface area contributed by atoms with Gasteiger partial charge in [0.1, 0.15) is 35.1 Å². The van der Waals surface area contributed by atoms with E-state index in [1.54, 1.807) is 58.2 Å². The average Bonchev–Trinajstić information content (AvgIpc) is 3.58. The Morgan fingerprint density at radius 1 is 1.17 bits per heavy atom. The number of carbonyl (C=O) groups is 4. The lowest BCUT2D eigenvalue weighted by Crippen LogP contribution is -2.58. The molecule has 11 nitrogen and oxygen atoms in total. The van der Waals surface area contributed by atoms with E-state index < -0.39 is 47.3 Å². The van der Waals surface area contributed by atoms with E-state index in [2.05, 4.69) is 22.2 Å². The van der Waals surface area contributed by atoms with Crippen LogP contribution in [0.15, 0.2) is 43.1 Å². The SMILES string of the molecule is C=C[C@H]1C[C@]1(NC(=O)[C@@H]1C[C@@H](Oc2ccnc3cc(Cl)ccc23)CN1C(=O)[C@@H](NC(=O)OC(C)(C)C)C1CCCCC1)C(=O)OCC. The van der Waals surface area contributed by atoms with Crippen molar-refractivity contribution in [2.75, 3.05) is 13.2 Å². The smallest absolute Gasteiger partial charge is 0.408 e. The lowest BCUT2D eigenvalue weighted by atomic mass is 9.83. The van der Waals surface area contributed by atoms with Crippen molar-refractivity contribution < 1.29 is 33.4 Å². The number of alkyl carbamates (subject to hydrolysis) is 1. The van der Waals surface area contributed by atoms with Crippen LogP contribution in [0, 0.1) is 11.8 Å². The number of rotatable bonds is 10. The highest BCUT2D eigenvalue weighted by Gasteiger charge is 2.62. The monoisotopic (exact) mass is 668 g/mol. The number of nitrogens with zero attached hydrogens (tertiary/aromatic N) is 2. The van der Waals surface area contributed by atoms with Gasteiger partial charge in [-0.05, 0) is 77.1 Å². The van der Waals surface area contributed by atoms with E-state index in [-0.39, 0.29) is 37.3 Å². The molecule has 47 heavy (non-hydrogen) atoms. The highest BCUT2D eigenvalue weighted by molar-refractivity contribution is 6.31. The molecular weight excluding hydrogens is 624 g/mol. The first-order valence-corrected chi connectivity index (χ1v) is 16.9. The Labute approximate surface area is 280 Å². The van der Waals surface area contributed by atoms with Crippen molar-refractivity contribution in [1.82, 2.24) is 20.5 Å². The van der Waals surface area contributed by atoms with Gasteiger partial charge in [-0.3, -0.25) is 14.6 Å². The molecule has 2 saturated carbocycles. The number of fused-ring (bicyclic) bond motifs is 1. The summed E-state index contributed by atoms with van der Waals surface area (Å²) in [6.45, 7) is 11.1. The zero-order valence-corrected chi connectivity index (χ0v) is 28.3. The minimum Gasteiger partial charge on any atom is -0.488 e. The summed E-state index contributed by atoms with van der Waals surface area (Å²) in [5.41, 5.74) is -1.35. The summed E-state index contributed by atoms with van der Waals surface area (Å²) in [6.07, 6.45) is 6.95. The number of halogens is 1. The van der Waals surface area contributed by atoms with Gasteiger partial charge in [-0.25, -0.2) is 9.59 Å². The molecule has 12 heteroatoms. The third-order valence-corrected chi connectivity index (χ3v) is 9.39. The predicted octanol–water partition coefficient (Wildman–Crippen LogP) is 5.33. The maximum atomic E-state index is 14.5. The molecule has 0 spiro atoms. The van der Waals surface area contributed by atoms with E-state index in [0.29, 0.717) is 22.7 Å². The molecule has 3 fully saturated rings. The van der Waals surface area contributed by atoms with E-state index in [9.17, 15) is 19.2 Å². The van der Waals surface area contributed by atoms with E-state index in [4.69, 9.17) is 25.8 Å². The van der Waals surface area contributed by atoms with Gasteiger partial charge in [0.2, 0.25) is 11.8 Å². The molecule has 2 aliphatic carbocycles. The van der Waals surface area contributed by atoms with Crippen LogP contribution in [0.2, 0.25) is 5.02 Å². The Hall–Kier alpha value is -3.86. The van der Waals surface area contributed by atoms with Gasteiger partial charge in [0.15, 0.2) is 0 Å². The number of carbonyl (C=O) groups excluding carboxylic acids is 4. The topological polar surface area (TPSA) is 136 Å². The Kier molecular flexibility index (Phi) is 10.3. The maximum Gasteiger partial charge on any atom is 0.408 e. The third kappa shape index (κ3) is 7.83. The highest BCUT2D eigenvalue weighted by Crippen LogP contribution is 2.46. The van der Waals surface area contributed by atoms with E-state index >= 15 is 0 Å². The Morgan fingerprint density at radius 3 is 2.57 bits per heavy atom. The summed E-state index contributed by atoms with van der Waals surface area (Å²) in [7, 11) is 0. The number of amides is 3. The van der Waals surface area contributed by atoms with Crippen LogP contribution in [0.5, 0.6) is 5.75 Å². The van der Waals surface area contributed by atoms with Crippen LogP contribution in [0.4, 0.5) is 4.79 Å². The molecule has 2 aromatic rings. The molecule has 5 atom stereocenters.